The van der Waals surface area contributed by atoms with E-state index in [2.05, 4.69) is 20.4 Å². The van der Waals surface area contributed by atoms with Crippen LogP contribution in [0, 0.1) is 0 Å². The Morgan fingerprint density at radius 3 is 2.70 bits per heavy atom. The highest BCUT2D eigenvalue weighted by Gasteiger charge is 2.20. The zero-order chi connectivity index (χ0) is 16.0. The second kappa shape index (κ2) is 4.84. The molecule has 0 aliphatic carbocycles. The lowest BCUT2D eigenvalue weighted by Crippen LogP contribution is -1.98. The van der Waals surface area contributed by atoms with Crippen molar-refractivity contribution in [3.05, 3.63) is 42.2 Å². The molecule has 4 rings (SSSR count). The number of H-pyrrole nitrogens is 2. The van der Waals surface area contributed by atoms with E-state index in [4.69, 9.17) is 4.74 Å². The third-order valence-corrected chi connectivity index (χ3v) is 3.86. The number of fused-ring (bicyclic) bond motifs is 3. The number of carboxylic acids is 1. The predicted molar refractivity (Wildman–Crippen MR) is 84.7 cm³/mol. The number of aromatic amines is 2. The molecule has 0 amide bonds. The maximum absolute atomic E-state index is 11.5. The molecule has 0 radical (unpaired) electrons. The molecule has 23 heavy (non-hydrogen) atoms. The van der Waals surface area contributed by atoms with Crippen molar-refractivity contribution in [3.8, 4) is 16.9 Å². The van der Waals surface area contributed by atoms with Gasteiger partial charge in [-0.3, -0.25) is 10.2 Å². The molecule has 2 heterocycles. The van der Waals surface area contributed by atoms with Gasteiger partial charge in [-0.05, 0) is 29.3 Å². The fourth-order valence-electron chi connectivity index (χ4n) is 2.76. The number of benzene rings is 2. The summed E-state index contributed by atoms with van der Waals surface area (Å²) in [6.45, 7) is 0. The van der Waals surface area contributed by atoms with Crippen LogP contribution in [-0.2, 0) is 0 Å². The van der Waals surface area contributed by atoms with Crippen molar-refractivity contribution < 1.29 is 14.6 Å². The van der Waals surface area contributed by atoms with E-state index in [0.29, 0.717) is 10.9 Å². The third kappa shape index (κ3) is 1.94. The van der Waals surface area contributed by atoms with Crippen LogP contribution in [0.4, 0.5) is 0 Å². The first-order chi connectivity index (χ1) is 11.2. The summed E-state index contributed by atoms with van der Waals surface area (Å²) in [5.41, 5.74) is 3.09. The summed E-state index contributed by atoms with van der Waals surface area (Å²) in [7, 11) is 1.60. The molecule has 0 unspecified atom stereocenters. The molecule has 3 N–H and O–H groups in total. The quantitative estimate of drug-likeness (QED) is 0.540. The SMILES string of the molecule is COc1ccc(-c2cc3[nH]ncc3c3n[nH]c(C(=O)O)c23)cc1. The number of hydrogen-bond acceptors (Lipinski definition) is 4. The van der Waals surface area contributed by atoms with Crippen molar-refractivity contribution in [2.75, 3.05) is 7.11 Å². The molecule has 0 saturated carbocycles. The van der Waals surface area contributed by atoms with Crippen molar-refractivity contribution in [3.63, 3.8) is 0 Å². The Morgan fingerprint density at radius 1 is 1.22 bits per heavy atom. The molecule has 0 fully saturated rings. The normalized spacial score (nSPS) is 11.2. The van der Waals surface area contributed by atoms with E-state index < -0.39 is 5.97 Å². The summed E-state index contributed by atoms with van der Waals surface area (Å²) in [5.74, 6) is -0.316. The van der Waals surface area contributed by atoms with Crippen LogP contribution in [0.25, 0.3) is 32.9 Å². The highest BCUT2D eigenvalue weighted by atomic mass is 16.5. The highest BCUT2D eigenvalue weighted by molar-refractivity contribution is 6.16. The molecule has 0 aliphatic rings. The molecule has 0 aliphatic heterocycles. The Hall–Kier alpha value is -3.35. The Bertz CT molecular complexity index is 1030. The average Bonchev–Trinajstić information content (AvgIpc) is 3.20. The van der Waals surface area contributed by atoms with Crippen LogP contribution in [0.1, 0.15) is 10.5 Å². The van der Waals surface area contributed by atoms with Gasteiger partial charge in [0.2, 0.25) is 0 Å². The first-order valence-electron chi connectivity index (χ1n) is 6.91. The second-order valence-electron chi connectivity index (χ2n) is 5.11. The van der Waals surface area contributed by atoms with Gasteiger partial charge in [-0.25, -0.2) is 4.79 Å². The maximum atomic E-state index is 11.5. The van der Waals surface area contributed by atoms with E-state index in [1.165, 1.54) is 0 Å². The average molecular weight is 308 g/mol. The predicted octanol–water partition coefficient (Wildman–Crippen LogP) is 2.81. The summed E-state index contributed by atoms with van der Waals surface area (Å²) < 4.78 is 5.17. The first kappa shape index (κ1) is 13.3. The molecule has 114 valence electrons. The topological polar surface area (TPSA) is 104 Å². The van der Waals surface area contributed by atoms with Crippen LogP contribution >= 0.6 is 0 Å². The smallest absolute Gasteiger partial charge is 0.354 e. The molecular weight excluding hydrogens is 296 g/mol. The number of ether oxygens (including phenoxy) is 1. The molecule has 7 heteroatoms. The lowest BCUT2D eigenvalue weighted by atomic mass is 9.98. The van der Waals surface area contributed by atoms with Gasteiger partial charge in [-0.15, -0.1) is 0 Å². The summed E-state index contributed by atoms with van der Waals surface area (Å²) in [6.07, 6.45) is 1.64. The van der Waals surface area contributed by atoms with Crippen LogP contribution < -0.4 is 4.74 Å². The van der Waals surface area contributed by atoms with E-state index in [-0.39, 0.29) is 5.69 Å². The number of carboxylic acid groups (broad SMARTS) is 1. The molecule has 0 atom stereocenters. The van der Waals surface area contributed by atoms with Gasteiger partial charge < -0.3 is 9.84 Å². The van der Waals surface area contributed by atoms with E-state index in [9.17, 15) is 9.90 Å². The Balaban J connectivity index is 2.09. The molecule has 0 spiro atoms. The highest BCUT2D eigenvalue weighted by Crippen LogP contribution is 2.35. The minimum Gasteiger partial charge on any atom is -0.497 e. The van der Waals surface area contributed by atoms with Crippen molar-refractivity contribution >= 4 is 27.8 Å². The van der Waals surface area contributed by atoms with Crippen molar-refractivity contribution in [2.45, 2.75) is 0 Å². The molecule has 4 aromatic rings. The van der Waals surface area contributed by atoms with Crippen molar-refractivity contribution in [2.24, 2.45) is 0 Å². The van der Waals surface area contributed by atoms with E-state index >= 15 is 0 Å². The molecule has 0 bridgehead atoms. The van der Waals surface area contributed by atoms with E-state index in [0.717, 1.165) is 27.8 Å². The molecule has 0 saturated heterocycles. The van der Waals surface area contributed by atoms with Gasteiger partial charge in [0.15, 0.2) is 5.69 Å². The van der Waals surface area contributed by atoms with Crippen LogP contribution in [0.5, 0.6) is 5.75 Å². The number of rotatable bonds is 3. The van der Waals surface area contributed by atoms with Crippen molar-refractivity contribution in [1.82, 2.24) is 20.4 Å². The largest absolute Gasteiger partial charge is 0.497 e. The number of carbonyl (C=O) groups is 1. The zero-order valence-electron chi connectivity index (χ0n) is 12.1. The van der Waals surface area contributed by atoms with Crippen LogP contribution in [-0.4, -0.2) is 38.6 Å². The number of methoxy groups -OCH3 is 1. The van der Waals surface area contributed by atoms with Crippen LogP contribution in [0.2, 0.25) is 0 Å². The van der Waals surface area contributed by atoms with E-state index in [1.807, 2.05) is 30.3 Å². The summed E-state index contributed by atoms with van der Waals surface area (Å²) in [6, 6.07) is 9.31. The van der Waals surface area contributed by atoms with Gasteiger partial charge in [0.25, 0.3) is 0 Å². The summed E-state index contributed by atoms with van der Waals surface area (Å²) >= 11 is 0. The van der Waals surface area contributed by atoms with Gasteiger partial charge in [0, 0.05) is 10.8 Å². The summed E-state index contributed by atoms with van der Waals surface area (Å²) in [4.78, 5) is 11.5. The number of aromatic nitrogens is 4. The van der Waals surface area contributed by atoms with E-state index in [1.54, 1.807) is 13.3 Å². The molecule has 7 nitrogen and oxygen atoms in total. The Labute approximate surface area is 129 Å². The third-order valence-electron chi connectivity index (χ3n) is 3.86. The van der Waals surface area contributed by atoms with Gasteiger partial charge in [-0.2, -0.15) is 10.2 Å². The lowest BCUT2D eigenvalue weighted by molar-refractivity contribution is 0.0692. The summed E-state index contributed by atoms with van der Waals surface area (Å²) in [5, 5.41) is 24.5. The fourth-order valence-corrected chi connectivity index (χ4v) is 2.76. The van der Waals surface area contributed by atoms with Gasteiger partial charge in [-0.1, -0.05) is 12.1 Å². The van der Waals surface area contributed by atoms with Gasteiger partial charge in [0.05, 0.1) is 18.8 Å². The maximum Gasteiger partial charge on any atom is 0.354 e. The lowest BCUT2D eigenvalue weighted by Gasteiger charge is -2.07. The van der Waals surface area contributed by atoms with Crippen LogP contribution in [0.3, 0.4) is 0 Å². The van der Waals surface area contributed by atoms with Crippen molar-refractivity contribution in [1.29, 1.82) is 0 Å². The minimum absolute atomic E-state index is 0.0638. The van der Waals surface area contributed by atoms with Gasteiger partial charge >= 0.3 is 5.97 Å². The zero-order valence-corrected chi connectivity index (χ0v) is 12.1. The Morgan fingerprint density at radius 2 is 2.00 bits per heavy atom. The fraction of sp³-hybridized carbons (Fsp3) is 0.0625. The standard InChI is InChI=1S/C16H12N4O3/c1-23-9-4-2-8(3-5-9)10-6-12-11(7-17-18-12)14-13(10)15(16(21)22)20-19-14/h2-7H,1H3,(H,17,18)(H,19,20)(H,21,22). The monoisotopic (exact) mass is 308 g/mol. The second-order valence-corrected chi connectivity index (χ2v) is 5.11. The van der Waals surface area contributed by atoms with Gasteiger partial charge in [0.1, 0.15) is 11.3 Å². The number of nitrogens with zero attached hydrogens (tertiary/aromatic N) is 2. The minimum atomic E-state index is -1.05. The van der Waals surface area contributed by atoms with Crippen LogP contribution in [0.15, 0.2) is 36.5 Å². The Kier molecular flexibility index (Phi) is 2.80. The number of nitrogens with one attached hydrogen (secondary N) is 2. The molecule has 2 aromatic carbocycles. The number of hydrogen-bond donors (Lipinski definition) is 3. The number of aromatic carboxylic acids is 1. The molecule has 2 aromatic heterocycles. The molecular formula is C16H12N4O3. The first-order valence-corrected chi connectivity index (χ1v) is 6.91.